The maximum Gasteiger partial charge on any atom is 0.522 e. The Morgan fingerprint density at radius 1 is 1.32 bits per heavy atom. The van der Waals surface area contributed by atoms with Crippen LogP contribution < -0.4 is 10.1 Å². The van der Waals surface area contributed by atoms with Crippen LogP contribution in [-0.2, 0) is 14.3 Å². The van der Waals surface area contributed by atoms with Crippen molar-refractivity contribution in [1.82, 2.24) is 10.2 Å². The van der Waals surface area contributed by atoms with Gasteiger partial charge in [-0.2, -0.15) is 0 Å². The molecule has 1 fully saturated rings. The molecule has 31 heavy (non-hydrogen) atoms. The number of ether oxygens (including phenoxy) is 3. The first kappa shape index (κ1) is 25.2. The number of likely N-dealkylation sites (N-methyl/N-ethyl adjacent to an activating group) is 1. The first-order valence-electron chi connectivity index (χ1n) is 9.63. The van der Waals surface area contributed by atoms with Crippen molar-refractivity contribution < 1.29 is 36.6 Å². The maximum atomic E-state index is 13.3. The molecular weight excluding hydrogens is 444 g/mol. The molecule has 1 aromatic carbocycles. The Balaban J connectivity index is 1.52. The molecule has 1 saturated carbocycles. The average molecular weight is 469 g/mol. The molecule has 1 aliphatic carbocycles. The first-order valence-corrected chi connectivity index (χ1v) is 10.0. The van der Waals surface area contributed by atoms with Gasteiger partial charge in [0.25, 0.3) is 5.91 Å². The molecule has 1 N–H and O–H groups in total. The highest BCUT2D eigenvalue weighted by Gasteiger charge is 2.40. The van der Waals surface area contributed by atoms with E-state index in [1.54, 1.807) is 0 Å². The van der Waals surface area contributed by atoms with Crippen LogP contribution in [0.3, 0.4) is 0 Å². The van der Waals surface area contributed by atoms with Gasteiger partial charge in [0, 0.05) is 51.2 Å². The van der Waals surface area contributed by atoms with E-state index < -0.39 is 18.3 Å². The summed E-state index contributed by atoms with van der Waals surface area (Å²) in [6, 6.07) is 3.90. The molecule has 0 spiro atoms. The van der Waals surface area contributed by atoms with Crippen LogP contribution in [0.15, 0.2) is 30.5 Å². The third-order valence-corrected chi connectivity index (χ3v) is 4.98. The Hall–Kier alpha value is -2.04. The van der Waals surface area contributed by atoms with Gasteiger partial charge in [-0.15, -0.1) is 13.2 Å². The number of carbonyl (C=O) groups is 1. The summed E-state index contributed by atoms with van der Waals surface area (Å²) in [6.45, 7) is 4.86. The molecule has 0 aliphatic heterocycles. The highest BCUT2D eigenvalue weighted by Crippen LogP contribution is 2.32. The van der Waals surface area contributed by atoms with E-state index in [0.717, 1.165) is 11.8 Å². The highest BCUT2D eigenvalue weighted by molar-refractivity contribution is 6.30. The summed E-state index contributed by atoms with van der Waals surface area (Å²) in [5.41, 5.74) is 0.761. The van der Waals surface area contributed by atoms with E-state index in [-0.39, 0.29) is 42.2 Å². The van der Waals surface area contributed by atoms with E-state index in [1.807, 2.05) is 11.9 Å². The monoisotopic (exact) mass is 468 g/mol. The number of benzene rings is 1. The largest absolute Gasteiger partial charge is 0.522 e. The van der Waals surface area contributed by atoms with Crippen molar-refractivity contribution in [3.8, 4) is 5.75 Å². The fourth-order valence-electron chi connectivity index (χ4n) is 2.76. The molecule has 6 nitrogen and oxygen atoms in total. The van der Waals surface area contributed by atoms with Crippen LogP contribution in [0, 0.1) is 5.82 Å². The topological polar surface area (TPSA) is 60.0 Å². The highest BCUT2D eigenvalue weighted by atomic mass is 35.5. The summed E-state index contributed by atoms with van der Waals surface area (Å²) in [7, 11) is 1.81. The summed E-state index contributed by atoms with van der Waals surface area (Å²) >= 11 is 5.58. The molecular formula is C20H25ClF4N2O4. The molecule has 0 atom stereocenters. The van der Waals surface area contributed by atoms with Gasteiger partial charge in [0.1, 0.15) is 11.6 Å². The quantitative estimate of drug-likeness (QED) is 0.472. The number of halogens is 5. The molecule has 2 rings (SSSR count). The van der Waals surface area contributed by atoms with Gasteiger partial charge >= 0.3 is 6.36 Å². The van der Waals surface area contributed by atoms with Crippen LogP contribution in [0.5, 0.6) is 5.75 Å². The molecule has 0 saturated heterocycles. The predicted octanol–water partition coefficient (Wildman–Crippen LogP) is 3.89. The molecule has 174 valence electrons. The number of nitrogens with one attached hydrogen (secondary N) is 1. The average Bonchev–Trinajstić information content (AvgIpc) is 2.65. The molecule has 0 heterocycles. The van der Waals surface area contributed by atoms with Gasteiger partial charge in [0.15, 0.2) is 6.61 Å². The zero-order valence-corrected chi connectivity index (χ0v) is 17.8. The van der Waals surface area contributed by atoms with Crippen LogP contribution in [0.1, 0.15) is 19.3 Å². The van der Waals surface area contributed by atoms with Gasteiger partial charge < -0.3 is 19.7 Å². The van der Waals surface area contributed by atoms with Crippen molar-refractivity contribution >= 4 is 17.5 Å². The second-order valence-corrected chi connectivity index (χ2v) is 7.51. The summed E-state index contributed by atoms with van der Waals surface area (Å²) in [5.74, 6) is -0.798. The Bertz CT molecular complexity index is 757. The number of amides is 1. The predicted molar refractivity (Wildman–Crippen MR) is 106 cm³/mol. The lowest BCUT2D eigenvalue weighted by Gasteiger charge is -2.35. The lowest BCUT2D eigenvalue weighted by Crippen LogP contribution is -2.41. The molecule has 0 radical (unpaired) electrons. The molecule has 0 bridgehead atoms. The number of nitrogens with zero attached hydrogens (tertiary/aromatic N) is 1. The summed E-state index contributed by atoms with van der Waals surface area (Å²) < 4.78 is 64.2. The Labute approximate surface area is 183 Å². The van der Waals surface area contributed by atoms with Gasteiger partial charge in [-0.05, 0) is 12.1 Å². The van der Waals surface area contributed by atoms with Gasteiger partial charge in [0.2, 0.25) is 0 Å². The SMILES string of the molecule is C=C(CCNC(=O)COc1ccc(Cl)c(F)c1)N(C)CCO[C@H]1C[C@@H](OC(F)(F)F)C1. The van der Waals surface area contributed by atoms with Gasteiger partial charge in [-0.25, -0.2) is 4.39 Å². The molecule has 0 unspecified atom stereocenters. The van der Waals surface area contributed by atoms with Crippen molar-refractivity contribution in [2.75, 3.05) is 33.4 Å². The molecule has 0 aromatic heterocycles. The van der Waals surface area contributed by atoms with E-state index in [9.17, 15) is 22.4 Å². The van der Waals surface area contributed by atoms with Crippen LogP contribution in [-0.4, -0.2) is 62.7 Å². The van der Waals surface area contributed by atoms with Crippen LogP contribution in [0.25, 0.3) is 0 Å². The van der Waals surface area contributed by atoms with E-state index in [2.05, 4.69) is 16.6 Å². The fourth-order valence-corrected chi connectivity index (χ4v) is 2.87. The van der Waals surface area contributed by atoms with Crippen molar-refractivity contribution in [2.45, 2.75) is 37.8 Å². The number of hydrogen-bond donors (Lipinski definition) is 1. The second-order valence-electron chi connectivity index (χ2n) is 7.10. The first-order chi connectivity index (χ1) is 14.5. The van der Waals surface area contributed by atoms with Crippen molar-refractivity contribution in [3.05, 3.63) is 41.3 Å². The minimum atomic E-state index is -4.61. The molecule has 11 heteroatoms. The maximum absolute atomic E-state index is 13.3. The van der Waals surface area contributed by atoms with Crippen LogP contribution in [0.2, 0.25) is 5.02 Å². The van der Waals surface area contributed by atoms with Gasteiger partial charge in [-0.1, -0.05) is 18.2 Å². The normalized spacial score (nSPS) is 18.3. The smallest absolute Gasteiger partial charge is 0.484 e. The second kappa shape index (κ2) is 11.5. The summed E-state index contributed by atoms with van der Waals surface area (Å²) in [4.78, 5) is 13.7. The molecule has 1 aliphatic rings. The van der Waals surface area contributed by atoms with Crippen molar-refractivity contribution in [2.24, 2.45) is 0 Å². The minimum Gasteiger partial charge on any atom is -0.484 e. The van der Waals surface area contributed by atoms with E-state index >= 15 is 0 Å². The Morgan fingerprint density at radius 3 is 2.68 bits per heavy atom. The van der Waals surface area contributed by atoms with Crippen LogP contribution >= 0.6 is 11.6 Å². The summed E-state index contributed by atoms with van der Waals surface area (Å²) in [6.07, 6.45) is -4.74. The van der Waals surface area contributed by atoms with E-state index in [0.29, 0.717) is 26.1 Å². The number of rotatable bonds is 12. The lowest BCUT2D eigenvalue weighted by atomic mass is 9.92. The van der Waals surface area contributed by atoms with Gasteiger partial charge in [-0.3, -0.25) is 9.53 Å². The third kappa shape index (κ3) is 9.32. The molecule has 1 aromatic rings. The zero-order valence-electron chi connectivity index (χ0n) is 17.0. The lowest BCUT2D eigenvalue weighted by molar-refractivity contribution is -0.357. The molecule has 1 amide bonds. The minimum absolute atomic E-state index is 0.0304. The Kier molecular flexibility index (Phi) is 9.39. The van der Waals surface area contributed by atoms with Crippen molar-refractivity contribution in [1.29, 1.82) is 0 Å². The Morgan fingerprint density at radius 2 is 2.03 bits per heavy atom. The van der Waals surface area contributed by atoms with Crippen LogP contribution in [0.4, 0.5) is 17.6 Å². The zero-order chi connectivity index (χ0) is 23.0. The third-order valence-electron chi connectivity index (χ3n) is 4.67. The standard InChI is InChI=1S/C20H25ClF4N2O4/c1-13(27(2)7-8-29-15-9-16(10-15)31-20(23,24)25)5-6-26-19(28)12-30-14-3-4-17(21)18(22)11-14/h3-4,11,15-16H,1,5-10,12H2,2H3,(H,26,28)/t15-,16+. The number of alkyl halides is 3. The van der Waals surface area contributed by atoms with E-state index in [1.165, 1.54) is 12.1 Å². The number of carbonyl (C=O) groups excluding carboxylic acids is 1. The van der Waals surface area contributed by atoms with E-state index in [4.69, 9.17) is 21.1 Å². The number of hydrogen-bond acceptors (Lipinski definition) is 5. The summed E-state index contributed by atoms with van der Waals surface area (Å²) in [5, 5.41) is 2.64. The van der Waals surface area contributed by atoms with Gasteiger partial charge in [0.05, 0.1) is 23.8 Å². The fraction of sp³-hybridized carbons (Fsp3) is 0.550. The van der Waals surface area contributed by atoms with Crippen molar-refractivity contribution in [3.63, 3.8) is 0 Å².